The quantitative estimate of drug-likeness (QED) is 0.140. The highest BCUT2D eigenvalue weighted by Crippen LogP contribution is 2.22. The first kappa shape index (κ1) is 27.7. The Labute approximate surface area is 231 Å². The number of rotatable bonds is 7. The van der Waals surface area contributed by atoms with Crippen LogP contribution in [0, 0.1) is 17.7 Å². The number of halogens is 1. The predicted octanol–water partition coefficient (Wildman–Crippen LogP) is 7.27. The molecule has 0 aromatic heterocycles. The van der Waals surface area contributed by atoms with Crippen LogP contribution < -0.4 is 4.74 Å². The van der Waals surface area contributed by atoms with E-state index in [9.17, 15) is 14.0 Å². The minimum Gasteiger partial charge on any atom is -0.457 e. The SMILES string of the molecule is CC(C#Cc1cccc(Oc2ccc(F)cc2)c1)N(OC(=O)OCc1ccccc1)C(=O)OCc1ccccc1. The molecule has 4 aromatic carbocycles. The van der Waals surface area contributed by atoms with Gasteiger partial charge in [-0.05, 0) is 60.5 Å². The molecule has 0 N–H and O–H groups in total. The molecule has 0 spiro atoms. The van der Waals surface area contributed by atoms with Gasteiger partial charge >= 0.3 is 12.2 Å². The fourth-order valence-corrected chi connectivity index (χ4v) is 3.40. The van der Waals surface area contributed by atoms with E-state index in [-0.39, 0.29) is 19.0 Å². The molecule has 8 heteroatoms. The summed E-state index contributed by atoms with van der Waals surface area (Å²) >= 11 is 0. The van der Waals surface area contributed by atoms with Crippen molar-refractivity contribution in [2.75, 3.05) is 0 Å². The van der Waals surface area contributed by atoms with Gasteiger partial charge in [-0.1, -0.05) is 78.6 Å². The van der Waals surface area contributed by atoms with E-state index in [0.29, 0.717) is 17.1 Å². The molecule has 0 saturated carbocycles. The fraction of sp³-hybridized carbons (Fsp3) is 0.125. The van der Waals surface area contributed by atoms with Gasteiger partial charge in [-0.3, -0.25) is 4.84 Å². The highest BCUT2D eigenvalue weighted by atomic mass is 19.1. The summed E-state index contributed by atoms with van der Waals surface area (Å²) in [5.74, 6) is 6.44. The first-order chi connectivity index (χ1) is 19.5. The Bertz CT molecular complexity index is 1470. The van der Waals surface area contributed by atoms with Gasteiger partial charge in [-0.2, -0.15) is 0 Å². The Hall–Kier alpha value is -5.29. The maximum Gasteiger partial charge on any atom is 0.533 e. The van der Waals surface area contributed by atoms with Gasteiger partial charge in [-0.15, -0.1) is 5.06 Å². The van der Waals surface area contributed by atoms with Gasteiger partial charge in [0.05, 0.1) is 0 Å². The maximum atomic E-state index is 13.2. The number of hydrogen-bond acceptors (Lipinski definition) is 6. The topological polar surface area (TPSA) is 74.3 Å². The minimum absolute atomic E-state index is 0.0263. The van der Waals surface area contributed by atoms with E-state index < -0.39 is 18.3 Å². The van der Waals surface area contributed by atoms with Gasteiger partial charge in [0.25, 0.3) is 0 Å². The summed E-state index contributed by atoms with van der Waals surface area (Å²) in [4.78, 5) is 30.6. The van der Waals surface area contributed by atoms with Crippen molar-refractivity contribution in [3.05, 3.63) is 132 Å². The Morgan fingerprint density at radius 2 is 1.40 bits per heavy atom. The Morgan fingerprint density at radius 1 is 0.775 bits per heavy atom. The summed E-state index contributed by atoms with van der Waals surface area (Å²) in [5, 5.41) is 0.738. The molecule has 0 saturated heterocycles. The molecule has 0 radical (unpaired) electrons. The van der Waals surface area contributed by atoms with Crippen LogP contribution in [0.3, 0.4) is 0 Å². The second kappa shape index (κ2) is 14.0. The summed E-state index contributed by atoms with van der Waals surface area (Å²) in [7, 11) is 0. The number of ether oxygens (including phenoxy) is 3. The lowest BCUT2D eigenvalue weighted by atomic mass is 10.2. The molecule has 0 heterocycles. The van der Waals surface area contributed by atoms with Crippen molar-refractivity contribution in [1.82, 2.24) is 5.06 Å². The highest BCUT2D eigenvalue weighted by Gasteiger charge is 2.26. The summed E-state index contributed by atoms with van der Waals surface area (Å²) in [5.41, 5.74) is 2.10. The van der Waals surface area contributed by atoms with E-state index in [2.05, 4.69) is 11.8 Å². The average molecular weight is 540 g/mol. The molecular weight excluding hydrogens is 513 g/mol. The zero-order valence-corrected chi connectivity index (χ0v) is 21.7. The molecule has 7 nitrogen and oxygen atoms in total. The normalized spacial score (nSPS) is 10.8. The van der Waals surface area contributed by atoms with Gasteiger partial charge in [0.2, 0.25) is 0 Å². The number of hydrogen-bond donors (Lipinski definition) is 0. The van der Waals surface area contributed by atoms with Crippen molar-refractivity contribution in [3.8, 4) is 23.3 Å². The number of carbonyl (C=O) groups excluding carboxylic acids is 2. The molecule has 40 heavy (non-hydrogen) atoms. The van der Waals surface area contributed by atoms with Gasteiger partial charge < -0.3 is 14.2 Å². The number of hydroxylamine groups is 2. The smallest absolute Gasteiger partial charge is 0.457 e. The molecule has 0 bridgehead atoms. The zero-order chi connectivity index (χ0) is 28.2. The van der Waals surface area contributed by atoms with Crippen LogP contribution in [-0.2, 0) is 27.5 Å². The number of benzene rings is 4. The van der Waals surface area contributed by atoms with Crippen molar-refractivity contribution >= 4 is 12.2 Å². The summed E-state index contributed by atoms with van der Waals surface area (Å²) in [6, 6.07) is 29.8. The third-order valence-electron chi connectivity index (χ3n) is 5.42. The Balaban J connectivity index is 1.45. The molecule has 0 aliphatic heterocycles. The van der Waals surface area contributed by atoms with Crippen molar-refractivity contribution in [2.24, 2.45) is 0 Å². The summed E-state index contributed by atoms with van der Waals surface area (Å²) in [6.07, 6.45) is -1.99. The van der Waals surface area contributed by atoms with Crippen molar-refractivity contribution in [3.63, 3.8) is 0 Å². The van der Waals surface area contributed by atoms with Crippen LogP contribution >= 0.6 is 0 Å². The molecule has 1 amide bonds. The predicted molar refractivity (Wildman–Crippen MR) is 145 cm³/mol. The van der Waals surface area contributed by atoms with E-state index in [0.717, 1.165) is 16.2 Å². The van der Waals surface area contributed by atoms with E-state index in [1.54, 1.807) is 55.5 Å². The third-order valence-corrected chi connectivity index (χ3v) is 5.42. The fourth-order valence-electron chi connectivity index (χ4n) is 3.40. The monoisotopic (exact) mass is 539 g/mol. The zero-order valence-electron chi connectivity index (χ0n) is 21.7. The largest absolute Gasteiger partial charge is 0.533 e. The minimum atomic E-state index is -1.08. The van der Waals surface area contributed by atoms with E-state index in [4.69, 9.17) is 19.0 Å². The molecule has 4 rings (SSSR count). The van der Waals surface area contributed by atoms with Gasteiger partial charge in [0.1, 0.15) is 36.6 Å². The lowest BCUT2D eigenvalue weighted by Gasteiger charge is -2.23. The van der Waals surface area contributed by atoms with Crippen LogP contribution in [0.5, 0.6) is 11.5 Å². The van der Waals surface area contributed by atoms with Crippen molar-refractivity contribution in [2.45, 2.75) is 26.2 Å². The number of nitrogens with zero attached hydrogens (tertiary/aromatic N) is 1. The van der Waals surface area contributed by atoms with E-state index in [1.807, 2.05) is 36.4 Å². The highest BCUT2D eigenvalue weighted by molar-refractivity contribution is 5.70. The van der Waals surface area contributed by atoms with Crippen LogP contribution in [0.1, 0.15) is 23.6 Å². The van der Waals surface area contributed by atoms with Crippen molar-refractivity contribution in [1.29, 1.82) is 0 Å². The van der Waals surface area contributed by atoms with Crippen LogP contribution in [0.15, 0.2) is 109 Å². The lowest BCUT2D eigenvalue weighted by Crippen LogP contribution is -2.40. The van der Waals surface area contributed by atoms with E-state index >= 15 is 0 Å². The molecule has 4 aromatic rings. The summed E-state index contributed by atoms with van der Waals surface area (Å²) < 4.78 is 29.5. The standard InChI is InChI=1S/C32H26FNO6/c1-24(15-16-25-13-8-14-30(21-25)39-29-19-17-28(33)18-20-29)34(31(35)37-22-26-9-4-2-5-10-26)40-32(36)38-23-27-11-6-3-7-12-27/h2-14,17-21,24H,22-23H2,1H3. The van der Waals surface area contributed by atoms with Crippen molar-refractivity contribution < 1.29 is 33.0 Å². The molecule has 0 fully saturated rings. The average Bonchev–Trinajstić information content (AvgIpc) is 2.99. The number of carbonyl (C=O) groups is 2. The molecule has 202 valence electrons. The lowest BCUT2D eigenvalue weighted by molar-refractivity contribution is -0.123. The second-order valence-corrected chi connectivity index (χ2v) is 8.51. The molecule has 0 aliphatic carbocycles. The van der Waals surface area contributed by atoms with Gasteiger partial charge in [0.15, 0.2) is 0 Å². The van der Waals surface area contributed by atoms with Crippen LogP contribution in [0.2, 0.25) is 0 Å². The first-order valence-corrected chi connectivity index (χ1v) is 12.4. The second-order valence-electron chi connectivity index (χ2n) is 8.51. The molecular formula is C32H26FNO6. The summed E-state index contributed by atoms with van der Waals surface area (Å²) in [6.45, 7) is 1.52. The van der Waals surface area contributed by atoms with Crippen LogP contribution in [0.4, 0.5) is 14.0 Å². The Morgan fingerprint density at radius 3 is 2.05 bits per heavy atom. The molecule has 1 atom stereocenters. The number of amides is 1. The van der Waals surface area contributed by atoms with Crippen LogP contribution in [0.25, 0.3) is 0 Å². The van der Waals surface area contributed by atoms with Gasteiger partial charge in [-0.25, -0.2) is 14.0 Å². The van der Waals surface area contributed by atoms with E-state index in [1.165, 1.54) is 24.3 Å². The third kappa shape index (κ3) is 8.64. The van der Waals surface area contributed by atoms with Gasteiger partial charge in [0, 0.05) is 5.56 Å². The first-order valence-electron chi connectivity index (χ1n) is 12.4. The molecule has 0 aliphatic rings. The van der Waals surface area contributed by atoms with Crippen LogP contribution in [-0.4, -0.2) is 23.4 Å². The maximum absolute atomic E-state index is 13.2. The molecule has 1 unspecified atom stereocenters. The Kier molecular flexibility index (Phi) is 9.73.